The molecule has 2 aromatic rings. The van der Waals surface area contributed by atoms with E-state index in [0.29, 0.717) is 10.5 Å². The lowest BCUT2D eigenvalue weighted by atomic mass is 10.1. The van der Waals surface area contributed by atoms with E-state index in [0.717, 1.165) is 5.56 Å². The van der Waals surface area contributed by atoms with Gasteiger partial charge in [-0.05, 0) is 17.2 Å². The highest BCUT2D eigenvalue weighted by atomic mass is 32.2. The molecule has 0 N–H and O–H groups in total. The van der Waals surface area contributed by atoms with Gasteiger partial charge in [0, 0.05) is 6.26 Å². The first-order valence-electron chi connectivity index (χ1n) is 5.59. The van der Waals surface area contributed by atoms with E-state index in [1.54, 1.807) is 18.2 Å². The average Bonchev–Trinajstić information content (AvgIpc) is 2.37. The van der Waals surface area contributed by atoms with Gasteiger partial charge < -0.3 is 0 Å². The Morgan fingerprint density at radius 2 is 1.39 bits per heavy atom. The first-order valence-corrected chi connectivity index (χ1v) is 7.49. The Hall–Kier alpha value is -1.87. The summed E-state index contributed by atoms with van der Waals surface area (Å²) in [4.78, 5) is 0.342. The Kier molecular flexibility index (Phi) is 3.63. The zero-order valence-corrected chi connectivity index (χ0v) is 10.9. The summed E-state index contributed by atoms with van der Waals surface area (Å²) in [5.41, 5.74) is 1.59. The molecule has 2 aromatic carbocycles. The molecular weight excluding hydrogens is 244 g/mol. The zero-order chi connectivity index (χ0) is 13.0. The van der Waals surface area contributed by atoms with Crippen molar-refractivity contribution in [3.8, 4) is 0 Å². The smallest absolute Gasteiger partial charge is 0.176 e. The monoisotopic (exact) mass is 258 g/mol. The van der Waals surface area contributed by atoms with Crippen LogP contribution in [0.2, 0.25) is 0 Å². The number of rotatable bonds is 3. The molecule has 0 radical (unpaired) electrons. The second-order valence-corrected chi connectivity index (χ2v) is 6.04. The van der Waals surface area contributed by atoms with Gasteiger partial charge in [0.05, 0.1) is 4.91 Å². The summed E-state index contributed by atoms with van der Waals surface area (Å²) in [6.45, 7) is 0. The van der Waals surface area contributed by atoms with Crippen molar-refractivity contribution in [3.63, 3.8) is 0 Å². The lowest BCUT2D eigenvalue weighted by Gasteiger charge is -2.05. The molecule has 0 aliphatic heterocycles. The van der Waals surface area contributed by atoms with Gasteiger partial charge in [0.1, 0.15) is 0 Å². The standard InChI is InChI=1S/C15H14O2S/c1-18(16,17)15(14-10-6-3-7-11-14)12-13-8-4-2-5-9-13/h2-12H,1H3. The lowest BCUT2D eigenvalue weighted by Crippen LogP contribution is -2.00. The van der Waals surface area contributed by atoms with Gasteiger partial charge in [-0.25, -0.2) is 8.42 Å². The highest BCUT2D eigenvalue weighted by molar-refractivity contribution is 8.00. The van der Waals surface area contributed by atoms with Gasteiger partial charge in [0.15, 0.2) is 9.84 Å². The molecule has 0 heterocycles. The third-order valence-electron chi connectivity index (χ3n) is 2.56. The molecule has 92 valence electrons. The van der Waals surface area contributed by atoms with Crippen LogP contribution in [0.25, 0.3) is 11.0 Å². The summed E-state index contributed by atoms with van der Waals surface area (Å²) in [7, 11) is -3.26. The topological polar surface area (TPSA) is 34.1 Å². The molecule has 0 spiro atoms. The van der Waals surface area contributed by atoms with Crippen molar-refractivity contribution in [1.29, 1.82) is 0 Å². The molecule has 18 heavy (non-hydrogen) atoms. The van der Waals surface area contributed by atoms with Crippen molar-refractivity contribution in [3.05, 3.63) is 71.8 Å². The molecule has 0 bridgehead atoms. The Labute approximate surface area is 108 Å². The fraction of sp³-hybridized carbons (Fsp3) is 0.0667. The molecule has 0 aromatic heterocycles. The molecule has 0 unspecified atom stereocenters. The Morgan fingerprint density at radius 1 is 0.889 bits per heavy atom. The van der Waals surface area contributed by atoms with E-state index >= 15 is 0 Å². The lowest BCUT2D eigenvalue weighted by molar-refractivity contribution is 0.611. The molecule has 0 fully saturated rings. The Balaban J connectivity index is 2.56. The highest BCUT2D eigenvalue weighted by Crippen LogP contribution is 2.23. The Bertz CT molecular complexity index is 641. The fourth-order valence-electron chi connectivity index (χ4n) is 1.71. The largest absolute Gasteiger partial charge is 0.224 e. The molecule has 0 aliphatic carbocycles. The van der Waals surface area contributed by atoms with Gasteiger partial charge in [0.25, 0.3) is 0 Å². The van der Waals surface area contributed by atoms with Crippen LogP contribution in [0.5, 0.6) is 0 Å². The van der Waals surface area contributed by atoms with Gasteiger partial charge in [-0.3, -0.25) is 0 Å². The van der Waals surface area contributed by atoms with Crippen molar-refractivity contribution < 1.29 is 8.42 Å². The predicted molar refractivity (Wildman–Crippen MR) is 75.6 cm³/mol. The van der Waals surface area contributed by atoms with Crippen molar-refractivity contribution in [1.82, 2.24) is 0 Å². The molecular formula is C15H14O2S. The van der Waals surface area contributed by atoms with E-state index < -0.39 is 9.84 Å². The summed E-state index contributed by atoms with van der Waals surface area (Å²) in [6, 6.07) is 18.6. The normalized spacial score (nSPS) is 12.4. The maximum atomic E-state index is 11.9. The SMILES string of the molecule is CS(=O)(=O)C(=Cc1ccccc1)c1ccccc1. The quantitative estimate of drug-likeness (QED) is 0.792. The molecule has 2 rings (SSSR count). The van der Waals surface area contributed by atoms with Crippen LogP contribution in [-0.4, -0.2) is 14.7 Å². The van der Waals surface area contributed by atoms with Crippen molar-refractivity contribution in [2.45, 2.75) is 0 Å². The number of sulfone groups is 1. The van der Waals surface area contributed by atoms with Gasteiger partial charge in [-0.1, -0.05) is 60.7 Å². The van der Waals surface area contributed by atoms with Crippen molar-refractivity contribution >= 4 is 20.8 Å². The fourth-order valence-corrected chi connectivity index (χ4v) is 2.62. The number of hydrogen-bond donors (Lipinski definition) is 0. The summed E-state index contributed by atoms with van der Waals surface area (Å²) >= 11 is 0. The van der Waals surface area contributed by atoms with Crippen molar-refractivity contribution in [2.24, 2.45) is 0 Å². The van der Waals surface area contributed by atoms with E-state index in [-0.39, 0.29) is 0 Å². The van der Waals surface area contributed by atoms with Crippen LogP contribution in [0.1, 0.15) is 11.1 Å². The zero-order valence-electron chi connectivity index (χ0n) is 10.1. The Morgan fingerprint density at radius 3 is 1.89 bits per heavy atom. The van der Waals surface area contributed by atoms with E-state index in [1.165, 1.54) is 6.26 Å². The first-order chi connectivity index (χ1) is 8.57. The maximum absolute atomic E-state index is 11.9. The van der Waals surface area contributed by atoms with Gasteiger partial charge >= 0.3 is 0 Å². The molecule has 2 nitrogen and oxygen atoms in total. The van der Waals surface area contributed by atoms with Gasteiger partial charge in [-0.2, -0.15) is 0 Å². The third-order valence-corrected chi connectivity index (χ3v) is 3.71. The second-order valence-electron chi connectivity index (χ2n) is 4.06. The van der Waals surface area contributed by atoms with E-state index in [9.17, 15) is 8.42 Å². The van der Waals surface area contributed by atoms with Crippen molar-refractivity contribution in [2.75, 3.05) is 6.26 Å². The predicted octanol–water partition coefficient (Wildman–Crippen LogP) is 3.23. The second kappa shape index (κ2) is 5.19. The first kappa shape index (κ1) is 12.6. The summed E-state index contributed by atoms with van der Waals surface area (Å²) in [5.74, 6) is 0. The number of hydrogen-bond acceptors (Lipinski definition) is 2. The number of benzene rings is 2. The minimum absolute atomic E-state index is 0.342. The molecule has 3 heteroatoms. The van der Waals surface area contributed by atoms with Gasteiger partial charge in [-0.15, -0.1) is 0 Å². The van der Waals surface area contributed by atoms with E-state index in [1.807, 2.05) is 48.5 Å². The van der Waals surface area contributed by atoms with E-state index in [2.05, 4.69) is 0 Å². The molecule has 0 atom stereocenters. The van der Waals surface area contributed by atoms with Crippen LogP contribution in [0.4, 0.5) is 0 Å². The minimum atomic E-state index is -3.26. The van der Waals surface area contributed by atoms with Crippen LogP contribution in [0, 0.1) is 0 Å². The van der Waals surface area contributed by atoms with Gasteiger partial charge in [0.2, 0.25) is 0 Å². The minimum Gasteiger partial charge on any atom is -0.224 e. The van der Waals surface area contributed by atoms with Crippen LogP contribution in [0.15, 0.2) is 60.7 Å². The summed E-state index contributed by atoms with van der Waals surface area (Å²) < 4.78 is 23.7. The third kappa shape index (κ3) is 3.08. The maximum Gasteiger partial charge on any atom is 0.176 e. The van der Waals surface area contributed by atoms with Crippen LogP contribution >= 0.6 is 0 Å². The summed E-state index contributed by atoms with van der Waals surface area (Å²) in [6.07, 6.45) is 2.93. The highest BCUT2D eigenvalue weighted by Gasteiger charge is 2.13. The average molecular weight is 258 g/mol. The van der Waals surface area contributed by atoms with Crippen LogP contribution < -0.4 is 0 Å². The van der Waals surface area contributed by atoms with Crippen LogP contribution in [-0.2, 0) is 9.84 Å². The molecule has 0 saturated heterocycles. The van der Waals surface area contributed by atoms with Crippen LogP contribution in [0.3, 0.4) is 0 Å². The molecule has 0 amide bonds. The molecule has 0 aliphatic rings. The summed E-state index contributed by atoms with van der Waals surface area (Å²) in [5, 5.41) is 0. The molecule has 0 saturated carbocycles. The van der Waals surface area contributed by atoms with E-state index in [4.69, 9.17) is 0 Å².